The van der Waals surface area contributed by atoms with Crippen molar-refractivity contribution in [1.82, 2.24) is 0 Å². The zero-order valence-corrected chi connectivity index (χ0v) is 10.8. The maximum Gasteiger partial charge on any atom is 0.125 e. The highest BCUT2D eigenvalue weighted by Crippen LogP contribution is 2.35. The van der Waals surface area contributed by atoms with E-state index in [0.717, 1.165) is 24.9 Å². The van der Waals surface area contributed by atoms with Gasteiger partial charge in [0.15, 0.2) is 0 Å². The SMILES string of the molecule is N#CC1(Nc2cccc(-c3ccccc3)c2)CCC1. The number of nitrogens with one attached hydrogen (secondary N) is 1. The summed E-state index contributed by atoms with van der Waals surface area (Å²) in [7, 11) is 0. The molecule has 0 atom stereocenters. The van der Waals surface area contributed by atoms with Gasteiger partial charge in [-0.15, -0.1) is 0 Å². The molecule has 0 spiro atoms. The molecule has 1 N–H and O–H groups in total. The molecule has 2 aromatic carbocycles. The van der Waals surface area contributed by atoms with E-state index in [2.05, 4.69) is 35.7 Å². The second kappa shape index (κ2) is 4.78. The first-order chi connectivity index (χ1) is 9.31. The monoisotopic (exact) mass is 248 g/mol. The van der Waals surface area contributed by atoms with E-state index in [1.165, 1.54) is 11.1 Å². The van der Waals surface area contributed by atoms with Crippen molar-refractivity contribution in [2.24, 2.45) is 0 Å². The summed E-state index contributed by atoms with van der Waals surface area (Å²) in [4.78, 5) is 0. The van der Waals surface area contributed by atoms with Crippen LogP contribution in [0.2, 0.25) is 0 Å². The van der Waals surface area contributed by atoms with E-state index >= 15 is 0 Å². The molecule has 0 bridgehead atoms. The molecule has 1 fully saturated rings. The van der Waals surface area contributed by atoms with Gasteiger partial charge in [0.25, 0.3) is 0 Å². The van der Waals surface area contributed by atoms with Crippen LogP contribution in [0.25, 0.3) is 11.1 Å². The highest BCUT2D eigenvalue weighted by atomic mass is 15.0. The summed E-state index contributed by atoms with van der Waals surface area (Å²) in [6.07, 6.45) is 3.02. The predicted molar refractivity (Wildman–Crippen MR) is 77.7 cm³/mol. The number of anilines is 1. The number of rotatable bonds is 3. The van der Waals surface area contributed by atoms with Crippen molar-refractivity contribution in [1.29, 1.82) is 5.26 Å². The molecule has 2 aromatic rings. The molecule has 94 valence electrons. The predicted octanol–water partition coefficient (Wildman–Crippen LogP) is 4.21. The van der Waals surface area contributed by atoms with Crippen LogP contribution in [0.5, 0.6) is 0 Å². The van der Waals surface area contributed by atoms with E-state index in [1.807, 2.05) is 30.3 Å². The van der Waals surface area contributed by atoms with Crippen LogP contribution in [0.3, 0.4) is 0 Å². The molecule has 2 heteroatoms. The summed E-state index contributed by atoms with van der Waals surface area (Å²) >= 11 is 0. The number of hydrogen-bond acceptors (Lipinski definition) is 2. The Hall–Kier alpha value is -2.27. The third-order valence-electron chi connectivity index (χ3n) is 3.77. The summed E-state index contributed by atoms with van der Waals surface area (Å²) in [5.41, 5.74) is 3.07. The Morgan fingerprint density at radius 3 is 2.32 bits per heavy atom. The minimum atomic E-state index is -0.338. The van der Waals surface area contributed by atoms with Crippen molar-refractivity contribution in [3.05, 3.63) is 54.6 Å². The molecule has 0 unspecified atom stereocenters. The molecule has 2 nitrogen and oxygen atoms in total. The lowest BCUT2D eigenvalue weighted by molar-refractivity contribution is 0.356. The van der Waals surface area contributed by atoms with Gasteiger partial charge in [-0.1, -0.05) is 42.5 Å². The molecular formula is C17H16N2. The van der Waals surface area contributed by atoms with Crippen molar-refractivity contribution >= 4 is 5.69 Å². The van der Waals surface area contributed by atoms with Crippen LogP contribution in [0, 0.1) is 11.3 Å². The fraction of sp³-hybridized carbons (Fsp3) is 0.235. The molecule has 1 aliphatic carbocycles. The van der Waals surface area contributed by atoms with Gasteiger partial charge in [0, 0.05) is 5.69 Å². The van der Waals surface area contributed by atoms with Gasteiger partial charge in [0.05, 0.1) is 6.07 Å². The summed E-state index contributed by atoms with van der Waals surface area (Å²) in [6, 6.07) is 21.0. The Morgan fingerprint density at radius 2 is 1.68 bits per heavy atom. The Bertz CT molecular complexity index is 607. The molecule has 0 heterocycles. The summed E-state index contributed by atoms with van der Waals surface area (Å²) < 4.78 is 0. The number of hydrogen-bond donors (Lipinski definition) is 1. The smallest absolute Gasteiger partial charge is 0.125 e. The van der Waals surface area contributed by atoms with Crippen LogP contribution in [-0.2, 0) is 0 Å². The van der Waals surface area contributed by atoms with Gasteiger partial charge in [-0.05, 0) is 42.5 Å². The molecule has 0 aliphatic heterocycles. The van der Waals surface area contributed by atoms with Crippen molar-refractivity contribution in [3.8, 4) is 17.2 Å². The maximum atomic E-state index is 9.27. The van der Waals surface area contributed by atoms with E-state index < -0.39 is 0 Å². The van der Waals surface area contributed by atoms with E-state index in [-0.39, 0.29) is 5.54 Å². The molecule has 0 saturated heterocycles. The van der Waals surface area contributed by atoms with Gasteiger partial charge in [-0.2, -0.15) is 5.26 Å². The number of benzene rings is 2. The largest absolute Gasteiger partial charge is 0.367 e. The van der Waals surface area contributed by atoms with Crippen LogP contribution in [0.4, 0.5) is 5.69 Å². The lowest BCUT2D eigenvalue weighted by Crippen LogP contribution is -2.43. The maximum absolute atomic E-state index is 9.27. The third-order valence-corrected chi connectivity index (χ3v) is 3.77. The minimum absolute atomic E-state index is 0.338. The van der Waals surface area contributed by atoms with Gasteiger partial charge < -0.3 is 5.32 Å². The van der Waals surface area contributed by atoms with Crippen molar-refractivity contribution in [2.75, 3.05) is 5.32 Å². The zero-order valence-electron chi connectivity index (χ0n) is 10.8. The topological polar surface area (TPSA) is 35.8 Å². The van der Waals surface area contributed by atoms with Crippen LogP contribution in [0.15, 0.2) is 54.6 Å². The minimum Gasteiger partial charge on any atom is -0.367 e. The molecule has 19 heavy (non-hydrogen) atoms. The van der Waals surface area contributed by atoms with E-state index in [9.17, 15) is 5.26 Å². The normalized spacial score (nSPS) is 16.2. The van der Waals surface area contributed by atoms with Gasteiger partial charge >= 0.3 is 0 Å². The molecular weight excluding hydrogens is 232 g/mol. The van der Waals surface area contributed by atoms with Crippen molar-refractivity contribution in [3.63, 3.8) is 0 Å². The standard InChI is InChI=1S/C17H16N2/c18-13-17(10-5-11-17)19-16-9-4-8-15(12-16)14-6-2-1-3-7-14/h1-4,6-9,12,19H,5,10-11H2. The van der Waals surface area contributed by atoms with Crippen LogP contribution < -0.4 is 5.32 Å². The summed E-state index contributed by atoms with van der Waals surface area (Å²) in [5, 5.41) is 12.7. The summed E-state index contributed by atoms with van der Waals surface area (Å²) in [5.74, 6) is 0. The average molecular weight is 248 g/mol. The van der Waals surface area contributed by atoms with Gasteiger partial charge in [-0.25, -0.2) is 0 Å². The van der Waals surface area contributed by atoms with Gasteiger partial charge in [0.1, 0.15) is 5.54 Å². The van der Waals surface area contributed by atoms with Crippen LogP contribution in [0.1, 0.15) is 19.3 Å². The molecule has 0 radical (unpaired) electrons. The van der Waals surface area contributed by atoms with Gasteiger partial charge in [0.2, 0.25) is 0 Å². The Kier molecular flexibility index (Phi) is 2.97. The lowest BCUT2D eigenvalue weighted by Gasteiger charge is -2.36. The fourth-order valence-corrected chi connectivity index (χ4v) is 2.48. The molecule has 0 aromatic heterocycles. The third kappa shape index (κ3) is 2.32. The first-order valence-corrected chi connectivity index (χ1v) is 6.66. The van der Waals surface area contributed by atoms with E-state index in [0.29, 0.717) is 0 Å². The second-order valence-electron chi connectivity index (χ2n) is 5.12. The summed E-state index contributed by atoms with van der Waals surface area (Å²) in [6.45, 7) is 0. The first-order valence-electron chi connectivity index (χ1n) is 6.66. The fourth-order valence-electron chi connectivity index (χ4n) is 2.48. The van der Waals surface area contributed by atoms with Crippen LogP contribution in [-0.4, -0.2) is 5.54 Å². The molecule has 1 aliphatic rings. The quantitative estimate of drug-likeness (QED) is 0.883. The molecule has 3 rings (SSSR count). The first kappa shape index (κ1) is 11.8. The number of nitriles is 1. The van der Waals surface area contributed by atoms with E-state index in [1.54, 1.807) is 0 Å². The highest BCUT2D eigenvalue weighted by Gasteiger charge is 2.36. The van der Waals surface area contributed by atoms with Crippen LogP contribution >= 0.6 is 0 Å². The highest BCUT2D eigenvalue weighted by molar-refractivity contribution is 5.68. The van der Waals surface area contributed by atoms with E-state index in [4.69, 9.17) is 0 Å². The average Bonchev–Trinajstić information content (AvgIpc) is 2.44. The Morgan fingerprint density at radius 1 is 0.947 bits per heavy atom. The van der Waals surface area contributed by atoms with Gasteiger partial charge in [-0.3, -0.25) is 0 Å². The molecule has 0 amide bonds. The van der Waals surface area contributed by atoms with Crippen molar-refractivity contribution < 1.29 is 0 Å². The Labute approximate surface area is 113 Å². The number of nitrogens with zero attached hydrogens (tertiary/aromatic N) is 1. The zero-order chi connectivity index (χ0) is 13.1. The van der Waals surface area contributed by atoms with Crippen molar-refractivity contribution in [2.45, 2.75) is 24.8 Å². The Balaban J connectivity index is 1.87. The molecule has 1 saturated carbocycles. The second-order valence-corrected chi connectivity index (χ2v) is 5.12. The lowest BCUT2D eigenvalue weighted by atomic mass is 9.78.